The van der Waals surface area contributed by atoms with E-state index in [2.05, 4.69) is 19.9 Å². The maximum absolute atomic E-state index is 12.3. The molecule has 0 aromatic rings. The van der Waals surface area contributed by atoms with Crippen LogP contribution in [0.2, 0.25) is 0 Å². The summed E-state index contributed by atoms with van der Waals surface area (Å²) in [7, 11) is 0. The number of ketones is 1. The average molecular weight is 230 g/mol. The monoisotopic (exact) mass is 230 g/mol. The Morgan fingerprint density at radius 3 is 3.00 bits per heavy atom. The van der Waals surface area contributed by atoms with Gasteiger partial charge in [-0.3, -0.25) is 4.79 Å². The summed E-state index contributed by atoms with van der Waals surface area (Å²) < 4.78 is 0. The van der Waals surface area contributed by atoms with Gasteiger partial charge in [-0.15, -0.1) is 0 Å². The number of carbonyl (C=O) groups is 1. The Balaban J connectivity index is 2.02. The molecule has 0 bridgehead atoms. The van der Waals surface area contributed by atoms with Gasteiger partial charge in [-0.25, -0.2) is 0 Å². The Labute approximate surface area is 104 Å². The zero-order valence-corrected chi connectivity index (χ0v) is 11.0. The predicted octanol–water partition coefficient (Wildman–Crippen LogP) is 4.05. The van der Waals surface area contributed by atoms with Crippen LogP contribution in [0.5, 0.6) is 0 Å². The zero-order chi connectivity index (χ0) is 12.0. The van der Waals surface area contributed by atoms with Crippen LogP contribution in [0.4, 0.5) is 0 Å². The first-order valence-corrected chi connectivity index (χ1v) is 7.02. The van der Waals surface area contributed by atoms with Crippen LogP contribution in [-0.2, 0) is 4.79 Å². The molecule has 17 heavy (non-hydrogen) atoms. The highest BCUT2D eigenvalue weighted by Gasteiger charge is 2.48. The van der Waals surface area contributed by atoms with Gasteiger partial charge >= 0.3 is 0 Å². The summed E-state index contributed by atoms with van der Waals surface area (Å²) in [6.45, 7) is 4.59. The van der Waals surface area contributed by atoms with Gasteiger partial charge in [-0.2, -0.15) is 0 Å². The van der Waals surface area contributed by atoms with Crippen LogP contribution in [0.3, 0.4) is 0 Å². The summed E-state index contributed by atoms with van der Waals surface area (Å²) >= 11 is 0. The molecule has 1 nitrogen and oxygen atoms in total. The van der Waals surface area contributed by atoms with E-state index in [1.54, 1.807) is 0 Å². The number of carbonyl (C=O) groups excluding carboxylic acids is 1. The molecule has 0 radical (unpaired) electrons. The fourth-order valence-electron chi connectivity index (χ4n) is 4.26. The van der Waals surface area contributed by atoms with Gasteiger partial charge < -0.3 is 0 Å². The van der Waals surface area contributed by atoms with E-state index in [9.17, 15) is 4.79 Å². The molecule has 3 rings (SSSR count). The molecule has 3 aliphatic carbocycles. The first-order chi connectivity index (χ1) is 8.11. The Morgan fingerprint density at radius 2 is 2.18 bits per heavy atom. The molecule has 1 fully saturated rings. The van der Waals surface area contributed by atoms with Crippen molar-refractivity contribution in [2.24, 2.45) is 17.3 Å². The third kappa shape index (κ3) is 1.63. The molecule has 0 aromatic carbocycles. The van der Waals surface area contributed by atoms with Gasteiger partial charge in [0.1, 0.15) is 0 Å². The lowest BCUT2D eigenvalue weighted by atomic mass is 9.54. The van der Waals surface area contributed by atoms with Crippen molar-refractivity contribution in [3.8, 4) is 0 Å². The van der Waals surface area contributed by atoms with Gasteiger partial charge in [0.15, 0.2) is 5.78 Å². The molecule has 0 unspecified atom stereocenters. The summed E-state index contributed by atoms with van der Waals surface area (Å²) in [5.41, 5.74) is 3.20. The van der Waals surface area contributed by atoms with Crippen LogP contribution in [0.25, 0.3) is 0 Å². The van der Waals surface area contributed by atoms with Crippen LogP contribution < -0.4 is 0 Å². The lowest BCUT2D eigenvalue weighted by Gasteiger charge is -2.50. The van der Waals surface area contributed by atoms with E-state index >= 15 is 0 Å². The third-order valence-electron chi connectivity index (χ3n) is 5.37. The quantitative estimate of drug-likeness (QED) is 0.574. The molecule has 0 aromatic heterocycles. The molecular formula is C16H22O. The molecule has 0 N–H and O–H groups in total. The summed E-state index contributed by atoms with van der Waals surface area (Å²) in [5, 5.41) is 0. The maximum atomic E-state index is 12.3. The maximum Gasteiger partial charge on any atom is 0.159 e. The van der Waals surface area contributed by atoms with Crippen LogP contribution in [-0.4, -0.2) is 5.78 Å². The summed E-state index contributed by atoms with van der Waals surface area (Å²) in [6, 6.07) is 0. The summed E-state index contributed by atoms with van der Waals surface area (Å²) in [5.74, 6) is 1.28. The lowest BCUT2D eigenvalue weighted by molar-refractivity contribution is -0.123. The second-order valence-corrected chi connectivity index (χ2v) is 6.40. The first-order valence-electron chi connectivity index (χ1n) is 7.02. The Hall–Kier alpha value is -0.850. The topological polar surface area (TPSA) is 17.1 Å². The average Bonchev–Trinajstić information content (AvgIpc) is 2.31. The van der Waals surface area contributed by atoms with E-state index in [4.69, 9.17) is 0 Å². The van der Waals surface area contributed by atoms with E-state index in [0.717, 1.165) is 19.3 Å². The van der Waals surface area contributed by atoms with Gasteiger partial charge in [0.05, 0.1) is 0 Å². The third-order valence-corrected chi connectivity index (χ3v) is 5.37. The predicted molar refractivity (Wildman–Crippen MR) is 69.6 cm³/mol. The molecule has 0 saturated heterocycles. The van der Waals surface area contributed by atoms with Crippen molar-refractivity contribution in [1.29, 1.82) is 0 Å². The van der Waals surface area contributed by atoms with Crippen molar-refractivity contribution in [3.05, 3.63) is 23.3 Å². The Bertz CT molecular complexity index is 415. The standard InChI is InChI=1S/C16H22O/c1-11-6-7-14-13(9-11)15(17)10-12-5-3-4-8-16(12,14)2/h6,10,13-14H,3-5,7-9H2,1-2H3/t13-,14+,16-/m0/s1. The fourth-order valence-corrected chi connectivity index (χ4v) is 4.26. The molecule has 0 spiro atoms. The second kappa shape index (κ2) is 3.83. The molecular weight excluding hydrogens is 208 g/mol. The normalized spacial score (nSPS) is 41.2. The molecule has 0 aliphatic heterocycles. The van der Waals surface area contributed by atoms with Crippen molar-refractivity contribution >= 4 is 5.78 Å². The molecule has 3 atom stereocenters. The van der Waals surface area contributed by atoms with Crippen molar-refractivity contribution in [3.63, 3.8) is 0 Å². The number of hydrogen-bond donors (Lipinski definition) is 0. The van der Waals surface area contributed by atoms with Crippen LogP contribution in [0.15, 0.2) is 23.3 Å². The van der Waals surface area contributed by atoms with E-state index in [0.29, 0.717) is 17.1 Å². The summed E-state index contributed by atoms with van der Waals surface area (Å²) in [4.78, 5) is 12.3. The highest BCUT2D eigenvalue weighted by Crippen LogP contribution is 2.55. The van der Waals surface area contributed by atoms with Gasteiger partial charge in [-0.1, -0.05) is 30.6 Å². The van der Waals surface area contributed by atoms with Crippen molar-refractivity contribution in [2.45, 2.75) is 52.4 Å². The van der Waals surface area contributed by atoms with Crippen LogP contribution in [0.1, 0.15) is 52.4 Å². The minimum absolute atomic E-state index is 0.284. The molecule has 92 valence electrons. The van der Waals surface area contributed by atoms with Gasteiger partial charge in [-0.05, 0) is 56.4 Å². The first kappa shape index (κ1) is 11.3. The van der Waals surface area contributed by atoms with Crippen LogP contribution >= 0.6 is 0 Å². The molecule has 0 amide bonds. The highest BCUT2D eigenvalue weighted by atomic mass is 16.1. The van der Waals surface area contributed by atoms with Crippen molar-refractivity contribution in [1.82, 2.24) is 0 Å². The van der Waals surface area contributed by atoms with Crippen molar-refractivity contribution in [2.75, 3.05) is 0 Å². The smallest absolute Gasteiger partial charge is 0.159 e. The largest absolute Gasteiger partial charge is 0.295 e. The Morgan fingerprint density at radius 1 is 1.35 bits per heavy atom. The zero-order valence-electron chi connectivity index (χ0n) is 11.0. The molecule has 1 saturated carbocycles. The molecule has 1 heteroatoms. The van der Waals surface area contributed by atoms with Crippen LogP contribution in [0, 0.1) is 17.3 Å². The summed E-state index contributed by atoms with van der Waals surface area (Å²) in [6.07, 6.45) is 11.6. The van der Waals surface area contributed by atoms with E-state index in [1.807, 2.05) is 6.08 Å². The van der Waals surface area contributed by atoms with Gasteiger partial charge in [0, 0.05) is 5.92 Å². The number of allylic oxidation sites excluding steroid dienone is 4. The minimum Gasteiger partial charge on any atom is -0.295 e. The van der Waals surface area contributed by atoms with Crippen molar-refractivity contribution < 1.29 is 4.79 Å². The van der Waals surface area contributed by atoms with Gasteiger partial charge in [0.2, 0.25) is 0 Å². The molecule has 0 heterocycles. The fraction of sp³-hybridized carbons (Fsp3) is 0.688. The SMILES string of the molecule is CC1=CC[C@@H]2[C@H](C1)C(=O)C=C1CCCC[C@@]12C. The minimum atomic E-state index is 0.284. The highest BCUT2D eigenvalue weighted by molar-refractivity contribution is 5.94. The second-order valence-electron chi connectivity index (χ2n) is 6.40. The van der Waals surface area contributed by atoms with E-state index in [-0.39, 0.29) is 5.92 Å². The van der Waals surface area contributed by atoms with Gasteiger partial charge in [0.25, 0.3) is 0 Å². The number of rotatable bonds is 0. The molecule has 3 aliphatic rings. The van der Waals surface area contributed by atoms with E-state index < -0.39 is 0 Å². The van der Waals surface area contributed by atoms with E-state index in [1.165, 1.54) is 30.4 Å². The lowest BCUT2D eigenvalue weighted by Crippen LogP contribution is -2.44. The number of hydrogen-bond acceptors (Lipinski definition) is 1. The Kier molecular flexibility index (Phi) is 2.53. The number of fused-ring (bicyclic) bond motifs is 3.